The van der Waals surface area contributed by atoms with E-state index >= 15 is 0 Å². The zero-order valence-corrected chi connectivity index (χ0v) is 13.3. The molecule has 1 unspecified atom stereocenters. The van der Waals surface area contributed by atoms with Gasteiger partial charge in [0.25, 0.3) is 10.2 Å². The van der Waals surface area contributed by atoms with E-state index in [0.29, 0.717) is 19.6 Å². The second kappa shape index (κ2) is 7.02. The molecule has 0 aromatic carbocycles. The van der Waals surface area contributed by atoms with Crippen LogP contribution in [0.2, 0.25) is 0 Å². The summed E-state index contributed by atoms with van der Waals surface area (Å²) in [6, 6.07) is -0.137. The van der Waals surface area contributed by atoms with Crippen molar-refractivity contribution in [1.29, 1.82) is 0 Å². The largest absolute Gasteiger partial charge is 0.326 e. The Hall–Kier alpha value is -0.170. The van der Waals surface area contributed by atoms with Crippen LogP contribution in [0.3, 0.4) is 0 Å². The molecular formula is C13H29N3O2S. The summed E-state index contributed by atoms with van der Waals surface area (Å²) in [7, 11) is -3.35. The highest BCUT2D eigenvalue weighted by Gasteiger charge is 2.24. The van der Waals surface area contributed by atoms with E-state index in [1.54, 1.807) is 4.31 Å². The normalized spacial score (nSPS) is 21.1. The van der Waals surface area contributed by atoms with Gasteiger partial charge in [-0.25, -0.2) is 4.72 Å². The number of hydrogen-bond donors (Lipinski definition) is 2. The van der Waals surface area contributed by atoms with Gasteiger partial charge in [0.05, 0.1) is 0 Å². The molecule has 1 saturated heterocycles. The Morgan fingerprint density at radius 1 is 1.16 bits per heavy atom. The lowest BCUT2D eigenvalue weighted by Crippen LogP contribution is -2.46. The highest BCUT2D eigenvalue weighted by Crippen LogP contribution is 2.19. The first-order chi connectivity index (χ1) is 8.71. The summed E-state index contributed by atoms with van der Waals surface area (Å²) >= 11 is 0. The maximum absolute atomic E-state index is 12.2. The quantitative estimate of drug-likeness (QED) is 0.805. The molecule has 0 amide bonds. The van der Waals surface area contributed by atoms with Crippen molar-refractivity contribution in [3.05, 3.63) is 0 Å². The van der Waals surface area contributed by atoms with Crippen molar-refractivity contribution in [2.45, 2.75) is 58.9 Å². The Morgan fingerprint density at radius 3 is 2.16 bits per heavy atom. The minimum Gasteiger partial charge on any atom is -0.326 e. The molecule has 19 heavy (non-hydrogen) atoms. The molecule has 1 fully saturated rings. The lowest BCUT2D eigenvalue weighted by Gasteiger charge is -2.25. The molecule has 1 atom stereocenters. The molecule has 1 aliphatic heterocycles. The summed E-state index contributed by atoms with van der Waals surface area (Å²) in [4.78, 5) is 0. The van der Waals surface area contributed by atoms with Crippen LogP contribution in [0.15, 0.2) is 0 Å². The van der Waals surface area contributed by atoms with Crippen LogP contribution in [0.4, 0.5) is 0 Å². The van der Waals surface area contributed by atoms with E-state index in [1.807, 2.05) is 0 Å². The van der Waals surface area contributed by atoms with Gasteiger partial charge in [-0.2, -0.15) is 12.7 Å². The molecule has 1 aliphatic rings. The van der Waals surface area contributed by atoms with Crippen LogP contribution in [0.25, 0.3) is 0 Å². The van der Waals surface area contributed by atoms with Crippen molar-refractivity contribution in [3.8, 4) is 0 Å². The van der Waals surface area contributed by atoms with E-state index in [1.165, 1.54) is 0 Å². The molecule has 0 spiro atoms. The van der Waals surface area contributed by atoms with Gasteiger partial charge in [-0.1, -0.05) is 33.6 Å². The van der Waals surface area contributed by atoms with Crippen LogP contribution >= 0.6 is 0 Å². The third-order valence-electron chi connectivity index (χ3n) is 3.31. The van der Waals surface area contributed by atoms with E-state index in [9.17, 15) is 8.42 Å². The Balaban J connectivity index is 2.45. The molecule has 5 nitrogen and oxygen atoms in total. The first-order valence-corrected chi connectivity index (χ1v) is 8.65. The average Bonchev–Trinajstić information content (AvgIpc) is 2.53. The van der Waals surface area contributed by atoms with Crippen molar-refractivity contribution >= 4 is 10.2 Å². The fourth-order valence-corrected chi connectivity index (χ4v) is 3.79. The predicted molar refractivity (Wildman–Crippen MR) is 79.0 cm³/mol. The number of rotatable bonds is 5. The van der Waals surface area contributed by atoms with Gasteiger partial charge < -0.3 is 5.73 Å². The fourth-order valence-electron chi connectivity index (χ4n) is 2.44. The summed E-state index contributed by atoms with van der Waals surface area (Å²) in [5.41, 5.74) is 6.10. The molecule has 0 bridgehead atoms. The molecule has 0 aromatic rings. The van der Waals surface area contributed by atoms with Crippen molar-refractivity contribution in [2.75, 3.05) is 19.6 Å². The second-order valence-corrected chi connectivity index (χ2v) is 8.45. The SMILES string of the molecule is CC(C)(C)CC(N)CNS(=O)(=O)N1CCCCCC1. The van der Waals surface area contributed by atoms with Crippen LogP contribution in [0.5, 0.6) is 0 Å². The van der Waals surface area contributed by atoms with Gasteiger partial charge in [-0.3, -0.25) is 0 Å². The van der Waals surface area contributed by atoms with E-state index in [2.05, 4.69) is 25.5 Å². The minimum absolute atomic E-state index is 0.119. The van der Waals surface area contributed by atoms with Gasteiger partial charge in [0.2, 0.25) is 0 Å². The lowest BCUT2D eigenvalue weighted by atomic mass is 9.88. The van der Waals surface area contributed by atoms with Gasteiger partial charge in [0.15, 0.2) is 0 Å². The smallest absolute Gasteiger partial charge is 0.279 e. The molecule has 0 aromatic heterocycles. The molecule has 0 aliphatic carbocycles. The van der Waals surface area contributed by atoms with Crippen LogP contribution in [0.1, 0.15) is 52.9 Å². The molecule has 6 heteroatoms. The summed E-state index contributed by atoms with van der Waals surface area (Å²) < 4.78 is 28.5. The molecular weight excluding hydrogens is 262 g/mol. The summed E-state index contributed by atoms with van der Waals surface area (Å²) in [5, 5.41) is 0. The van der Waals surface area contributed by atoms with Crippen molar-refractivity contribution in [1.82, 2.24) is 9.03 Å². The number of nitrogens with two attached hydrogens (primary N) is 1. The number of nitrogens with one attached hydrogen (secondary N) is 1. The standard InChI is InChI=1S/C13H29N3O2S/c1-13(2,3)10-12(14)11-15-19(17,18)16-8-6-4-5-7-9-16/h12,15H,4-11,14H2,1-3H3. The van der Waals surface area contributed by atoms with Gasteiger partial charge in [-0.15, -0.1) is 0 Å². The molecule has 114 valence electrons. The molecule has 1 rings (SSSR count). The van der Waals surface area contributed by atoms with E-state index < -0.39 is 10.2 Å². The van der Waals surface area contributed by atoms with E-state index in [4.69, 9.17) is 5.73 Å². The van der Waals surface area contributed by atoms with Crippen LogP contribution < -0.4 is 10.5 Å². The Morgan fingerprint density at radius 2 is 1.68 bits per heavy atom. The Labute approximate surface area is 118 Å². The molecule has 1 heterocycles. The van der Waals surface area contributed by atoms with Crippen molar-refractivity contribution < 1.29 is 8.42 Å². The monoisotopic (exact) mass is 291 g/mol. The first kappa shape index (κ1) is 16.9. The average molecular weight is 291 g/mol. The summed E-state index contributed by atoms with van der Waals surface area (Å²) in [5.74, 6) is 0. The summed E-state index contributed by atoms with van der Waals surface area (Å²) in [6.45, 7) is 7.90. The zero-order valence-electron chi connectivity index (χ0n) is 12.5. The number of hydrogen-bond acceptors (Lipinski definition) is 3. The molecule has 3 N–H and O–H groups in total. The van der Waals surface area contributed by atoms with Gasteiger partial charge in [0.1, 0.15) is 0 Å². The fraction of sp³-hybridized carbons (Fsp3) is 1.00. The van der Waals surface area contributed by atoms with Crippen molar-refractivity contribution in [2.24, 2.45) is 11.1 Å². The minimum atomic E-state index is -3.35. The van der Waals surface area contributed by atoms with E-state index in [0.717, 1.165) is 32.1 Å². The Bertz CT molecular complexity index is 355. The Kier molecular flexibility index (Phi) is 6.23. The molecule has 0 saturated carbocycles. The highest BCUT2D eigenvalue weighted by molar-refractivity contribution is 7.87. The van der Waals surface area contributed by atoms with Gasteiger partial charge in [0, 0.05) is 25.7 Å². The second-order valence-electron chi connectivity index (χ2n) is 6.69. The zero-order chi connectivity index (χ0) is 14.5. The number of nitrogens with zero attached hydrogens (tertiary/aromatic N) is 1. The first-order valence-electron chi connectivity index (χ1n) is 7.21. The third-order valence-corrected chi connectivity index (χ3v) is 4.88. The van der Waals surface area contributed by atoms with Crippen LogP contribution in [-0.2, 0) is 10.2 Å². The van der Waals surface area contributed by atoms with Crippen LogP contribution in [0, 0.1) is 5.41 Å². The predicted octanol–water partition coefficient (Wildman–Crippen LogP) is 1.46. The third kappa shape index (κ3) is 6.70. The van der Waals surface area contributed by atoms with Gasteiger partial charge >= 0.3 is 0 Å². The van der Waals surface area contributed by atoms with Crippen molar-refractivity contribution in [3.63, 3.8) is 0 Å². The van der Waals surface area contributed by atoms with Gasteiger partial charge in [-0.05, 0) is 24.7 Å². The van der Waals surface area contributed by atoms with Crippen LogP contribution in [-0.4, -0.2) is 38.4 Å². The maximum Gasteiger partial charge on any atom is 0.279 e. The lowest BCUT2D eigenvalue weighted by molar-refractivity contribution is 0.336. The summed E-state index contributed by atoms with van der Waals surface area (Å²) in [6.07, 6.45) is 4.95. The van der Waals surface area contributed by atoms with E-state index in [-0.39, 0.29) is 11.5 Å². The highest BCUT2D eigenvalue weighted by atomic mass is 32.2. The topological polar surface area (TPSA) is 75.4 Å². The maximum atomic E-state index is 12.2. The molecule has 0 radical (unpaired) electrons.